The van der Waals surface area contributed by atoms with Crippen LogP contribution in [0.3, 0.4) is 0 Å². The molecule has 0 unspecified atom stereocenters. The van der Waals surface area contributed by atoms with Gasteiger partial charge in [-0.15, -0.1) is 0 Å². The van der Waals surface area contributed by atoms with E-state index in [4.69, 9.17) is 14.7 Å². The summed E-state index contributed by atoms with van der Waals surface area (Å²) in [5.41, 5.74) is 2.85. The first-order valence-electron chi connectivity index (χ1n) is 8.62. The molecule has 0 saturated carbocycles. The van der Waals surface area contributed by atoms with Crippen LogP contribution < -0.4 is 4.90 Å². The van der Waals surface area contributed by atoms with Crippen molar-refractivity contribution in [2.75, 3.05) is 37.7 Å². The van der Waals surface area contributed by atoms with Gasteiger partial charge in [0, 0.05) is 44.7 Å². The van der Waals surface area contributed by atoms with E-state index in [0.29, 0.717) is 32.1 Å². The third-order valence-electron chi connectivity index (χ3n) is 4.69. The molecule has 0 atom stereocenters. The molecule has 0 aromatic carbocycles. The number of anilines is 1. The number of amides is 1. The Labute approximate surface area is 146 Å². The number of hydrogen-bond acceptors (Lipinski definition) is 6. The van der Waals surface area contributed by atoms with Crippen LogP contribution in [-0.2, 0) is 22.5 Å². The largest absolute Gasteiger partial charge is 0.378 e. The van der Waals surface area contributed by atoms with Gasteiger partial charge in [0.1, 0.15) is 11.5 Å². The predicted octanol–water partition coefficient (Wildman–Crippen LogP) is 1.28. The molecule has 2 aliphatic heterocycles. The van der Waals surface area contributed by atoms with Crippen molar-refractivity contribution in [2.24, 2.45) is 0 Å². The van der Waals surface area contributed by atoms with Crippen LogP contribution in [0, 0.1) is 0 Å². The van der Waals surface area contributed by atoms with Crippen molar-refractivity contribution >= 4 is 11.7 Å². The summed E-state index contributed by atoms with van der Waals surface area (Å²) in [6.45, 7) is 5.85. The van der Waals surface area contributed by atoms with Crippen molar-refractivity contribution < 1.29 is 9.53 Å². The van der Waals surface area contributed by atoms with E-state index in [1.54, 1.807) is 13.1 Å². The highest BCUT2D eigenvalue weighted by Gasteiger charge is 2.27. The lowest BCUT2D eigenvalue weighted by Crippen LogP contribution is -2.40. The van der Waals surface area contributed by atoms with E-state index in [2.05, 4.69) is 9.88 Å². The Balaban J connectivity index is 1.79. The topological polar surface area (TPSA) is 71.5 Å². The van der Waals surface area contributed by atoms with Crippen molar-refractivity contribution in [1.29, 1.82) is 0 Å². The molecule has 0 radical (unpaired) electrons. The van der Waals surface area contributed by atoms with Crippen LogP contribution in [0.1, 0.15) is 18.2 Å². The quantitative estimate of drug-likeness (QED) is 0.821. The van der Waals surface area contributed by atoms with E-state index in [-0.39, 0.29) is 5.91 Å². The summed E-state index contributed by atoms with van der Waals surface area (Å²) < 4.78 is 5.48. The van der Waals surface area contributed by atoms with Crippen molar-refractivity contribution in [3.63, 3.8) is 0 Å². The molecule has 25 heavy (non-hydrogen) atoms. The smallest absolute Gasteiger partial charge is 0.219 e. The van der Waals surface area contributed by atoms with Crippen molar-refractivity contribution in [3.8, 4) is 11.5 Å². The average molecular weight is 339 g/mol. The van der Waals surface area contributed by atoms with Gasteiger partial charge in [-0.05, 0) is 12.1 Å². The summed E-state index contributed by atoms with van der Waals surface area (Å²) in [7, 11) is 0. The predicted molar refractivity (Wildman–Crippen MR) is 93.1 cm³/mol. The zero-order valence-corrected chi connectivity index (χ0v) is 14.3. The highest BCUT2D eigenvalue weighted by molar-refractivity contribution is 5.74. The fraction of sp³-hybridized carbons (Fsp3) is 0.444. The fourth-order valence-electron chi connectivity index (χ4n) is 3.31. The third kappa shape index (κ3) is 3.19. The molecule has 4 rings (SSSR count). The van der Waals surface area contributed by atoms with Gasteiger partial charge < -0.3 is 14.5 Å². The van der Waals surface area contributed by atoms with E-state index in [1.165, 1.54) is 0 Å². The third-order valence-corrected chi connectivity index (χ3v) is 4.69. The van der Waals surface area contributed by atoms with Crippen LogP contribution >= 0.6 is 0 Å². The summed E-state index contributed by atoms with van der Waals surface area (Å²) in [5, 5.41) is 0. The Kier molecular flexibility index (Phi) is 4.31. The van der Waals surface area contributed by atoms with Crippen LogP contribution in [0.25, 0.3) is 11.5 Å². The van der Waals surface area contributed by atoms with E-state index in [1.807, 2.05) is 23.1 Å². The molecule has 0 N–H and O–H groups in total. The number of ether oxygens (including phenoxy) is 1. The van der Waals surface area contributed by atoms with Crippen LogP contribution in [-0.4, -0.2) is 58.6 Å². The lowest BCUT2D eigenvalue weighted by Gasteiger charge is -2.34. The molecular weight excluding hydrogens is 318 g/mol. The molecular formula is C18H21N5O2. The monoisotopic (exact) mass is 339 g/mol. The number of pyridine rings is 1. The van der Waals surface area contributed by atoms with Gasteiger partial charge in [0.15, 0.2) is 5.82 Å². The Morgan fingerprint density at radius 3 is 2.72 bits per heavy atom. The first-order valence-corrected chi connectivity index (χ1v) is 8.62. The van der Waals surface area contributed by atoms with Gasteiger partial charge in [-0.25, -0.2) is 9.97 Å². The van der Waals surface area contributed by atoms with Crippen LogP contribution in [0.2, 0.25) is 0 Å². The second kappa shape index (κ2) is 6.76. The van der Waals surface area contributed by atoms with Crippen LogP contribution in [0.15, 0.2) is 24.4 Å². The number of fused-ring (bicyclic) bond motifs is 1. The highest BCUT2D eigenvalue weighted by Crippen LogP contribution is 2.29. The zero-order chi connectivity index (χ0) is 17.2. The summed E-state index contributed by atoms with van der Waals surface area (Å²) in [6.07, 6.45) is 2.50. The normalized spacial score (nSPS) is 17.3. The van der Waals surface area contributed by atoms with Crippen LogP contribution in [0.4, 0.5) is 5.82 Å². The minimum atomic E-state index is 0.0902. The number of hydrogen-bond donors (Lipinski definition) is 0. The molecule has 1 fully saturated rings. The molecule has 2 aromatic heterocycles. The fourth-order valence-corrected chi connectivity index (χ4v) is 3.31. The van der Waals surface area contributed by atoms with Crippen LogP contribution in [0.5, 0.6) is 0 Å². The molecule has 130 valence electrons. The Morgan fingerprint density at radius 2 is 2.00 bits per heavy atom. The van der Waals surface area contributed by atoms with E-state index in [0.717, 1.165) is 42.3 Å². The van der Waals surface area contributed by atoms with Gasteiger partial charge in [-0.2, -0.15) is 0 Å². The van der Waals surface area contributed by atoms with E-state index < -0.39 is 0 Å². The minimum absolute atomic E-state index is 0.0902. The molecule has 1 saturated heterocycles. The van der Waals surface area contributed by atoms with Gasteiger partial charge in [0.05, 0.1) is 25.5 Å². The van der Waals surface area contributed by atoms with Crippen molar-refractivity contribution in [1.82, 2.24) is 19.9 Å². The Bertz CT molecular complexity index is 775. The van der Waals surface area contributed by atoms with E-state index >= 15 is 0 Å². The van der Waals surface area contributed by atoms with Gasteiger partial charge >= 0.3 is 0 Å². The SMILES string of the molecule is CC(=O)N1CCc2nc(-c3ccccn3)nc(N3CCOCC3)c2C1. The molecule has 7 nitrogen and oxygen atoms in total. The van der Waals surface area contributed by atoms with Gasteiger partial charge in [0.2, 0.25) is 5.91 Å². The second-order valence-corrected chi connectivity index (χ2v) is 6.30. The first-order chi connectivity index (χ1) is 12.2. The lowest BCUT2D eigenvalue weighted by molar-refractivity contribution is -0.129. The maximum Gasteiger partial charge on any atom is 0.219 e. The standard InChI is InChI=1S/C18H21N5O2/c1-13(24)23-7-5-15-14(12-23)18(22-8-10-25-11-9-22)21-17(20-15)16-4-2-3-6-19-16/h2-4,6H,5,7-12H2,1H3. The van der Waals surface area contributed by atoms with E-state index in [9.17, 15) is 4.79 Å². The number of aromatic nitrogens is 3. The summed E-state index contributed by atoms with van der Waals surface area (Å²) >= 11 is 0. The Hall–Kier alpha value is -2.54. The van der Waals surface area contributed by atoms with Crippen molar-refractivity contribution in [2.45, 2.75) is 19.9 Å². The van der Waals surface area contributed by atoms with Gasteiger partial charge in [-0.1, -0.05) is 6.07 Å². The molecule has 1 amide bonds. The van der Waals surface area contributed by atoms with Crippen molar-refractivity contribution in [3.05, 3.63) is 35.7 Å². The van der Waals surface area contributed by atoms with Gasteiger partial charge in [0.25, 0.3) is 0 Å². The minimum Gasteiger partial charge on any atom is -0.378 e. The maximum atomic E-state index is 11.8. The molecule has 0 spiro atoms. The zero-order valence-electron chi connectivity index (χ0n) is 14.3. The highest BCUT2D eigenvalue weighted by atomic mass is 16.5. The number of morpholine rings is 1. The lowest BCUT2D eigenvalue weighted by atomic mass is 10.0. The molecule has 7 heteroatoms. The first kappa shape index (κ1) is 16.0. The second-order valence-electron chi connectivity index (χ2n) is 6.30. The number of carbonyl (C=O) groups excluding carboxylic acids is 1. The Morgan fingerprint density at radius 1 is 1.16 bits per heavy atom. The molecule has 4 heterocycles. The molecule has 0 aliphatic carbocycles. The summed E-state index contributed by atoms with van der Waals surface area (Å²) in [4.78, 5) is 29.9. The van der Waals surface area contributed by atoms with Gasteiger partial charge in [-0.3, -0.25) is 9.78 Å². The molecule has 0 bridgehead atoms. The number of nitrogens with zero attached hydrogens (tertiary/aromatic N) is 5. The summed E-state index contributed by atoms with van der Waals surface area (Å²) in [6, 6.07) is 5.75. The average Bonchev–Trinajstić information content (AvgIpc) is 2.68. The summed E-state index contributed by atoms with van der Waals surface area (Å²) in [5.74, 6) is 1.66. The number of carbonyl (C=O) groups is 1. The molecule has 2 aromatic rings. The maximum absolute atomic E-state index is 11.8. The number of rotatable bonds is 2. The molecule has 2 aliphatic rings.